The molecule has 6 heteroatoms. The van der Waals surface area contributed by atoms with Crippen molar-refractivity contribution in [3.63, 3.8) is 0 Å². The third-order valence-corrected chi connectivity index (χ3v) is 5.32. The largest absolute Gasteiger partial charge is 0.353 e. The summed E-state index contributed by atoms with van der Waals surface area (Å²) < 4.78 is 0. The molecule has 0 aliphatic carbocycles. The van der Waals surface area contributed by atoms with Gasteiger partial charge in [-0.25, -0.2) is 4.98 Å². The zero-order valence-corrected chi connectivity index (χ0v) is 14.9. The van der Waals surface area contributed by atoms with Gasteiger partial charge in [0, 0.05) is 31.6 Å². The molecule has 1 aromatic heterocycles. The number of benzene rings is 1. The second-order valence-corrected chi connectivity index (χ2v) is 7.04. The molecule has 26 heavy (non-hydrogen) atoms. The molecule has 0 unspecified atom stereocenters. The molecular formula is C20H23N5O. The number of likely N-dealkylation sites (tertiary alicyclic amines) is 1. The molecule has 2 fully saturated rings. The molecule has 0 spiro atoms. The van der Waals surface area contributed by atoms with Gasteiger partial charge in [-0.05, 0) is 56.3 Å². The zero-order chi connectivity index (χ0) is 17.9. The van der Waals surface area contributed by atoms with Gasteiger partial charge in [-0.3, -0.25) is 9.69 Å². The van der Waals surface area contributed by atoms with Crippen LogP contribution in [0.4, 0.5) is 5.82 Å². The van der Waals surface area contributed by atoms with Crippen LogP contribution in [0.25, 0.3) is 10.9 Å². The number of rotatable bonds is 3. The van der Waals surface area contributed by atoms with Gasteiger partial charge >= 0.3 is 0 Å². The molecule has 2 aliphatic heterocycles. The van der Waals surface area contributed by atoms with E-state index >= 15 is 0 Å². The van der Waals surface area contributed by atoms with Gasteiger partial charge in [0.05, 0.1) is 23.7 Å². The maximum Gasteiger partial charge on any atom is 0.236 e. The average molecular weight is 349 g/mol. The highest BCUT2D eigenvalue weighted by Gasteiger charge is 2.24. The first-order valence-corrected chi connectivity index (χ1v) is 9.29. The van der Waals surface area contributed by atoms with Gasteiger partial charge in [0.15, 0.2) is 0 Å². The highest BCUT2D eigenvalue weighted by molar-refractivity contribution is 5.82. The van der Waals surface area contributed by atoms with E-state index in [9.17, 15) is 4.79 Å². The number of nitrogens with zero attached hydrogens (tertiary/aromatic N) is 5. The lowest BCUT2D eigenvalue weighted by atomic mass is 10.1. The molecule has 0 bridgehead atoms. The molecule has 3 heterocycles. The number of carbonyl (C=O) groups excluding carboxylic acids is 1. The lowest BCUT2D eigenvalue weighted by Crippen LogP contribution is -2.51. The van der Waals surface area contributed by atoms with E-state index in [1.54, 1.807) is 6.07 Å². The van der Waals surface area contributed by atoms with E-state index in [4.69, 9.17) is 10.2 Å². The second-order valence-electron chi connectivity index (χ2n) is 7.04. The molecule has 134 valence electrons. The Kier molecular flexibility index (Phi) is 4.72. The Morgan fingerprint density at radius 2 is 1.81 bits per heavy atom. The average Bonchev–Trinajstić information content (AvgIpc) is 3.20. The molecule has 0 saturated carbocycles. The highest BCUT2D eigenvalue weighted by Crippen LogP contribution is 2.20. The minimum absolute atomic E-state index is 0.252. The highest BCUT2D eigenvalue weighted by atomic mass is 16.2. The molecule has 0 radical (unpaired) electrons. The van der Waals surface area contributed by atoms with Crippen LogP contribution in [-0.4, -0.2) is 66.5 Å². The summed E-state index contributed by atoms with van der Waals surface area (Å²) in [5.74, 6) is 1.19. The number of hydrogen-bond acceptors (Lipinski definition) is 5. The van der Waals surface area contributed by atoms with Crippen LogP contribution in [0.2, 0.25) is 0 Å². The molecule has 2 saturated heterocycles. The van der Waals surface area contributed by atoms with E-state index < -0.39 is 0 Å². The van der Waals surface area contributed by atoms with Crippen molar-refractivity contribution in [2.24, 2.45) is 0 Å². The van der Waals surface area contributed by atoms with E-state index in [1.807, 2.05) is 29.2 Å². The number of fused-ring (bicyclic) bond motifs is 1. The summed E-state index contributed by atoms with van der Waals surface area (Å²) in [7, 11) is 0. The maximum atomic E-state index is 12.5. The second kappa shape index (κ2) is 7.30. The molecule has 4 rings (SSSR count). The topological polar surface area (TPSA) is 63.5 Å². The van der Waals surface area contributed by atoms with Crippen LogP contribution in [0.15, 0.2) is 30.3 Å². The smallest absolute Gasteiger partial charge is 0.236 e. The van der Waals surface area contributed by atoms with Crippen molar-refractivity contribution in [2.75, 3.05) is 50.7 Å². The van der Waals surface area contributed by atoms with Crippen molar-refractivity contribution in [3.05, 3.63) is 35.9 Å². The number of pyridine rings is 1. The number of nitriles is 1. The first-order chi connectivity index (χ1) is 12.7. The molecule has 2 aromatic rings. The number of piperazine rings is 1. The Labute approximate surface area is 153 Å². The van der Waals surface area contributed by atoms with Crippen molar-refractivity contribution in [1.82, 2.24) is 14.8 Å². The summed E-state index contributed by atoms with van der Waals surface area (Å²) >= 11 is 0. The molecule has 1 aromatic carbocycles. The SMILES string of the molecule is N#Cc1ccc2nc(N3CCN(C(=O)CN4CCCC4)CC3)ccc2c1. The fraction of sp³-hybridized carbons (Fsp3) is 0.450. The van der Waals surface area contributed by atoms with Gasteiger partial charge in [-0.2, -0.15) is 5.26 Å². The van der Waals surface area contributed by atoms with Crippen molar-refractivity contribution in [3.8, 4) is 6.07 Å². The lowest BCUT2D eigenvalue weighted by Gasteiger charge is -2.36. The van der Waals surface area contributed by atoms with E-state index in [0.717, 1.165) is 56.0 Å². The third-order valence-electron chi connectivity index (χ3n) is 5.32. The Bertz CT molecular complexity index is 845. The van der Waals surface area contributed by atoms with Crippen LogP contribution in [0.1, 0.15) is 18.4 Å². The molecule has 6 nitrogen and oxygen atoms in total. The fourth-order valence-electron chi connectivity index (χ4n) is 3.78. The number of anilines is 1. The van der Waals surface area contributed by atoms with Crippen LogP contribution >= 0.6 is 0 Å². The van der Waals surface area contributed by atoms with Crippen molar-refractivity contribution in [1.29, 1.82) is 5.26 Å². The number of carbonyl (C=O) groups is 1. The quantitative estimate of drug-likeness (QED) is 0.846. The zero-order valence-electron chi connectivity index (χ0n) is 14.9. The molecule has 0 atom stereocenters. The van der Waals surface area contributed by atoms with E-state index in [1.165, 1.54) is 12.8 Å². The standard InChI is InChI=1S/C20H23N5O/c21-14-16-3-5-18-17(13-16)4-6-19(22-18)24-9-11-25(12-10-24)20(26)15-23-7-1-2-8-23/h3-6,13H,1-2,7-12,15H2. The lowest BCUT2D eigenvalue weighted by molar-refractivity contribution is -0.132. The summed E-state index contributed by atoms with van der Waals surface area (Å²) in [4.78, 5) is 23.7. The minimum Gasteiger partial charge on any atom is -0.353 e. The minimum atomic E-state index is 0.252. The van der Waals surface area contributed by atoms with Crippen LogP contribution < -0.4 is 4.90 Å². The summed E-state index contributed by atoms with van der Waals surface area (Å²) in [6, 6.07) is 11.7. The predicted molar refractivity (Wildman–Crippen MR) is 101 cm³/mol. The van der Waals surface area contributed by atoms with Gasteiger partial charge in [0.2, 0.25) is 5.91 Å². The third kappa shape index (κ3) is 3.49. The summed E-state index contributed by atoms with van der Waals surface area (Å²) in [6.45, 7) is 5.79. The van der Waals surface area contributed by atoms with Crippen LogP contribution in [0, 0.1) is 11.3 Å². The number of aromatic nitrogens is 1. The Morgan fingerprint density at radius 1 is 1.04 bits per heavy atom. The van der Waals surface area contributed by atoms with Gasteiger partial charge in [0.1, 0.15) is 5.82 Å². The summed E-state index contributed by atoms with van der Waals surface area (Å²) in [6.07, 6.45) is 2.43. The van der Waals surface area contributed by atoms with Crippen LogP contribution in [-0.2, 0) is 4.79 Å². The van der Waals surface area contributed by atoms with Gasteiger partial charge < -0.3 is 9.80 Å². The first kappa shape index (κ1) is 16.8. The molecular weight excluding hydrogens is 326 g/mol. The summed E-state index contributed by atoms with van der Waals surface area (Å²) in [5.41, 5.74) is 1.55. The molecule has 0 N–H and O–H groups in total. The van der Waals surface area contributed by atoms with Crippen LogP contribution in [0.5, 0.6) is 0 Å². The van der Waals surface area contributed by atoms with Crippen LogP contribution in [0.3, 0.4) is 0 Å². The number of hydrogen-bond donors (Lipinski definition) is 0. The normalized spacial score (nSPS) is 18.3. The van der Waals surface area contributed by atoms with Gasteiger partial charge in [-0.15, -0.1) is 0 Å². The fourth-order valence-corrected chi connectivity index (χ4v) is 3.78. The van der Waals surface area contributed by atoms with E-state index in [-0.39, 0.29) is 5.91 Å². The van der Waals surface area contributed by atoms with Gasteiger partial charge in [0.25, 0.3) is 0 Å². The van der Waals surface area contributed by atoms with Gasteiger partial charge in [-0.1, -0.05) is 0 Å². The maximum absolute atomic E-state index is 12.5. The summed E-state index contributed by atoms with van der Waals surface area (Å²) in [5, 5.41) is 9.98. The van der Waals surface area contributed by atoms with E-state index in [0.29, 0.717) is 12.1 Å². The van der Waals surface area contributed by atoms with Crippen molar-refractivity contribution < 1.29 is 4.79 Å². The van der Waals surface area contributed by atoms with Crippen molar-refractivity contribution in [2.45, 2.75) is 12.8 Å². The number of amides is 1. The Balaban J connectivity index is 1.39. The molecule has 1 amide bonds. The monoisotopic (exact) mass is 349 g/mol. The van der Waals surface area contributed by atoms with E-state index in [2.05, 4.69) is 15.9 Å². The molecule has 2 aliphatic rings. The first-order valence-electron chi connectivity index (χ1n) is 9.29. The Morgan fingerprint density at radius 3 is 2.54 bits per heavy atom. The predicted octanol–water partition coefficient (Wildman–Crippen LogP) is 1.85. The van der Waals surface area contributed by atoms with Crippen molar-refractivity contribution >= 4 is 22.6 Å². The Hall–Kier alpha value is -2.65.